The lowest BCUT2D eigenvalue weighted by molar-refractivity contribution is -0.113. The number of hydrogen-bond donors (Lipinski definition) is 0. The van der Waals surface area contributed by atoms with Gasteiger partial charge in [-0.3, -0.25) is 9.69 Å². The van der Waals surface area contributed by atoms with Crippen molar-refractivity contribution in [1.82, 2.24) is 0 Å². The number of furan rings is 1. The number of carbonyl (C=O) groups is 3. The van der Waals surface area contributed by atoms with Gasteiger partial charge in [0.05, 0.1) is 35.4 Å². The summed E-state index contributed by atoms with van der Waals surface area (Å²) >= 11 is 6.53. The molecule has 1 saturated heterocycles. The van der Waals surface area contributed by atoms with Gasteiger partial charge in [0.1, 0.15) is 11.5 Å². The van der Waals surface area contributed by atoms with E-state index >= 15 is 0 Å². The molecule has 1 fully saturated rings. The van der Waals surface area contributed by atoms with Crippen LogP contribution in [0.4, 0.5) is 5.69 Å². The molecule has 1 aromatic heterocycles. The van der Waals surface area contributed by atoms with Crippen LogP contribution in [0.5, 0.6) is 0 Å². The number of rotatable bonds is 6. The van der Waals surface area contributed by atoms with Crippen LogP contribution in [0.15, 0.2) is 70.0 Å². The van der Waals surface area contributed by atoms with Gasteiger partial charge in [0.15, 0.2) is 4.32 Å². The van der Waals surface area contributed by atoms with E-state index in [1.54, 1.807) is 67.6 Å². The van der Waals surface area contributed by atoms with E-state index in [0.29, 0.717) is 37.6 Å². The topological polar surface area (TPSA) is 86.0 Å². The summed E-state index contributed by atoms with van der Waals surface area (Å²) in [6.45, 7) is 2.04. The molecule has 0 saturated carbocycles. The number of carbonyl (C=O) groups excluding carboxylic acids is 3. The zero-order valence-corrected chi connectivity index (χ0v) is 19.9. The molecule has 0 atom stereocenters. The predicted molar refractivity (Wildman–Crippen MR) is 134 cm³/mol. The molecule has 0 N–H and O–H groups in total. The number of anilines is 1. The zero-order valence-electron chi connectivity index (χ0n) is 18.3. The largest absolute Gasteiger partial charge is 0.465 e. The fourth-order valence-electron chi connectivity index (χ4n) is 3.36. The smallest absolute Gasteiger partial charge is 0.339 e. The summed E-state index contributed by atoms with van der Waals surface area (Å²) in [6.07, 6.45) is 1.60. The Kier molecular flexibility index (Phi) is 6.95. The summed E-state index contributed by atoms with van der Waals surface area (Å²) < 4.78 is 16.1. The van der Waals surface area contributed by atoms with Crippen LogP contribution in [-0.2, 0) is 14.3 Å². The van der Waals surface area contributed by atoms with Gasteiger partial charge in [-0.25, -0.2) is 9.59 Å². The van der Waals surface area contributed by atoms with Gasteiger partial charge in [0, 0.05) is 11.6 Å². The Balaban J connectivity index is 1.60. The first-order chi connectivity index (χ1) is 16.4. The first kappa shape index (κ1) is 23.5. The normalized spacial score (nSPS) is 14.5. The van der Waals surface area contributed by atoms with Gasteiger partial charge >= 0.3 is 11.9 Å². The monoisotopic (exact) mass is 493 g/mol. The van der Waals surface area contributed by atoms with Gasteiger partial charge in [-0.1, -0.05) is 48.2 Å². The van der Waals surface area contributed by atoms with Gasteiger partial charge in [0.25, 0.3) is 5.91 Å². The summed E-state index contributed by atoms with van der Waals surface area (Å²) in [5.41, 5.74) is 1.72. The minimum Gasteiger partial charge on any atom is -0.465 e. The molecule has 2 heterocycles. The van der Waals surface area contributed by atoms with Crippen molar-refractivity contribution in [2.75, 3.05) is 18.6 Å². The summed E-state index contributed by atoms with van der Waals surface area (Å²) in [5, 5.41) is 0. The Morgan fingerprint density at radius 2 is 1.88 bits per heavy atom. The van der Waals surface area contributed by atoms with Crippen molar-refractivity contribution in [2.24, 2.45) is 0 Å². The number of methoxy groups -OCH3 is 1. The highest BCUT2D eigenvalue weighted by Crippen LogP contribution is 2.38. The van der Waals surface area contributed by atoms with E-state index in [0.717, 1.165) is 11.8 Å². The van der Waals surface area contributed by atoms with Crippen LogP contribution in [0, 0.1) is 0 Å². The molecule has 1 aliphatic heterocycles. The summed E-state index contributed by atoms with van der Waals surface area (Å²) in [7, 11) is 1.28. The second kappa shape index (κ2) is 10.1. The molecule has 172 valence electrons. The molecule has 0 spiro atoms. The van der Waals surface area contributed by atoms with Crippen LogP contribution in [0.3, 0.4) is 0 Å². The van der Waals surface area contributed by atoms with Gasteiger partial charge < -0.3 is 13.9 Å². The number of esters is 2. The lowest BCUT2D eigenvalue weighted by Gasteiger charge is -2.17. The first-order valence-electron chi connectivity index (χ1n) is 10.3. The lowest BCUT2D eigenvalue weighted by atomic mass is 10.1. The third-order valence-corrected chi connectivity index (χ3v) is 6.20. The Bertz CT molecular complexity index is 1330. The average molecular weight is 494 g/mol. The number of thioether (sulfide) groups is 1. The van der Waals surface area contributed by atoms with E-state index in [-0.39, 0.29) is 18.1 Å². The maximum Gasteiger partial charge on any atom is 0.339 e. The van der Waals surface area contributed by atoms with Crippen molar-refractivity contribution >= 4 is 57.9 Å². The molecular weight excluding hydrogens is 474 g/mol. The van der Waals surface area contributed by atoms with Crippen molar-refractivity contribution in [3.05, 3.63) is 82.5 Å². The minimum absolute atomic E-state index is 0.240. The number of nitrogens with zero attached hydrogens (tertiary/aromatic N) is 1. The molecule has 1 amide bonds. The van der Waals surface area contributed by atoms with Gasteiger partial charge in [-0.15, -0.1) is 0 Å². The highest BCUT2D eigenvalue weighted by molar-refractivity contribution is 8.27. The SMILES string of the molecule is CCOC(=O)c1cccc(-c2ccc(C=C3SC(=S)N(c4ccccc4C(=O)OC)C3=O)o2)c1. The van der Waals surface area contributed by atoms with Crippen LogP contribution in [0.1, 0.15) is 33.4 Å². The molecule has 0 bridgehead atoms. The molecule has 3 aromatic rings. The van der Waals surface area contributed by atoms with E-state index in [1.165, 1.54) is 12.0 Å². The summed E-state index contributed by atoms with van der Waals surface area (Å²) in [4.78, 5) is 39.0. The van der Waals surface area contributed by atoms with Crippen LogP contribution in [0.25, 0.3) is 17.4 Å². The van der Waals surface area contributed by atoms with Crippen molar-refractivity contribution in [3.8, 4) is 11.3 Å². The number of thiocarbonyl (C=S) groups is 1. The highest BCUT2D eigenvalue weighted by Gasteiger charge is 2.35. The molecule has 0 radical (unpaired) electrons. The molecule has 34 heavy (non-hydrogen) atoms. The molecule has 1 aliphatic rings. The van der Waals surface area contributed by atoms with Gasteiger partial charge in [0.2, 0.25) is 0 Å². The van der Waals surface area contributed by atoms with Gasteiger partial charge in [-0.05, 0) is 43.3 Å². The van der Waals surface area contributed by atoms with E-state index in [9.17, 15) is 14.4 Å². The maximum absolute atomic E-state index is 13.1. The van der Waals surface area contributed by atoms with Crippen LogP contribution < -0.4 is 4.90 Å². The van der Waals surface area contributed by atoms with Crippen molar-refractivity contribution in [1.29, 1.82) is 0 Å². The third-order valence-electron chi connectivity index (χ3n) is 4.90. The van der Waals surface area contributed by atoms with E-state index in [1.807, 2.05) is 6.07 Å². The fourth-order valence-corrected chi connectivity index (χ4v) is 4.62. The molecule has 7 nitrogen and oxygen atoms in total. The zero-order chi connectivity index (χ0) is 24.2. The highest BCUT2D eigenvalue weighted by atomic mass is 32.2. The Hall–Kier alpha value is -3.69. The minimum atomic E-state index is -0.561. The molecular formula is C25H19NO6S2. The summed E-state index contributed by atoms with van der Waals surface area (Å²) in [5.74, 6) is -0.364. The lowest BCUT2D eigenvalue weighted by Crippen LogP contribution is -2.29. The Morgan fingerprint density at radius 1 is 1.09 bits per heavy atom. The second-order valence-corrected chi connectivity index (χ2v) is 8.70. The number of amides is 1. The second-order valence-electron chi connectivity index (χ2n) is 7.03. The number of benzene rings is 2. The Labute approximate surface area is 205 Å². The standard InChI is InChI=1S/C25H19NO6S2/c1-3-31-23(28)16-8-6-7-15(13-16)20-12-11-17(32-20)14-21-22(27)26(25(33)34-21)19-10-5-4-9-18(19)24(29)30-2/h4-14H,3H2,1-2H3. The van der Waals surface area contributed by atoms with Crippen molar-refractivity contribution < 1.29 is 28.3 Å². The van der Waals surface area contributed by atoms with Crippen LogP contribution in [-0.4, -0.2) is 35.9 Å². The number of ether oxygens (including phenoxy) is 2. The predicted octanol–water partition coefficient (Wildman–Crippen LogP) is 5.32. The molecule has 4 rings (SSSR count). The summed E-state index contributed by atoms with van der Waals surface area (Å²) in [6, 6.07) is 17.0. The Morgan fingerprint density at radius 3 is 2.65 bits per heavy atom. The van der Waals surface area contributed by atoms with E-state index in [2.05, 4.69) is 0 Å². The van der Waals surface area contributed by atoms with Crippen LogP contribution in [0.2, 0.25) is 0 Å². The van der Waals surface area contributed by atoms with Gasteiger partial charge in [-0.2, -0.15) is 0 Å². The van der Waals surface area contributed by atoms with E-state index in [4.69, 9.17) is 26.1 Å². The molecule has 9 heteroatoms. The fraction of sp³-hybridized carbons (Fsp3) is 0.120. The van der Waals surface area contributed by atoms with Crippen molar-refractivity contribution in [2.45, 2.75) is 6.92 Å². The number of para-hydroxylation sites is 1. The number of hydrogen-bond acceptors (Lipinski definition) is 8. The molecule has 0 unspecified atom stereocenters. The third kappa shape index (κ3) is 4.66. The first-order valence-corrected chi connectivity index (χ1v) is 11.5. The average Bonchev–Trinajstić information content (AvgIpc) is 3.43. The maximum atomic E-state index is 13.1. The quantitative estimate of drug-likeness (QED) is 0.259. The molecule has 0 aliphatic carbocycles. The van der Waals surface area contributed by atoms with E-state index < -0.39 is 11.9 Å². The van der Waals surface area contributed by atoms with Crippen LogP contribution >= 0.6 is 24.0 Å². The molecule has 2 aromatic carbocycles. The van der Waals surface area contributed by atoms with Crippen molar-refractivity contribution in [3.63, 3.8) is 0 Å².